The van der Waals surface area contributed by atoms with Gasteiger partial charge >= 0.3 is 0 Å². The Labute approximate surface area is 332 Å². The average Bonchev–Trinajstić information content (AvgIpc) is 3.65. The first kappa shape index (κ1) is 39.5. The molecule has 2 aromatic carbocycles. The van der Waals surface area contributed by atoms with E-state index in [0.717, 1.165) is 115 Å². The average molecular weight is 816 g/mol. The highest BCUT2D eigenvalue weighted by atomic mass is 79.9. The Bertz CT molecular complexity index is 2080. The molecular weight excluding hydrogens is 765 g/mol. The first-order valence-corrected chi connectivity index (χ1v) is 20.7. The fourth-order valence-electron chi connectivity index (χ4n) is 6.35. The molecule has 280 valence electrons. The Balaban J connectivity index is 0.000000157. The first-order valence-electron chi connectivity index (χ1n) is 18.5. The van der Waals surface area contributed by atoms with Crippen molar-refractivity contribution in [2.75, 3.05) is 50.2 Å². The van der Waals surface area contributed by atoms with Crippen LogP contribution >= 0.6 is 40.3 Å². The maximum absolute atomic E-state index is 5.50. The van der Waals surface area contributed by atoms with Gasteiger partial charge in [-0.05, 0) is 137 Å². The van der Waals surface area contributed by atoms with E-state index in [4.69, 9.17) is 9.47 Å². The minimum atomic E-state index is 0.605. The molecular formula is C42H51BrN6O2S2. The first-order chi connectivity index (χ1) is 25.6. The number of thioether (sulfide) groups is 1. The number of fused-ring (bicyclic) bond motifs is 2. The summed E-state index contributed by atoms with van der Waals surface area (Å²) in [6.07, 6.45) is 8.21. The fraction of sp³-hybridized carbons (Fsp3) is 0.429. The second-order valence-corrected chi connectivity index (χ2v) is 17.1. The van der Waals surface area contributed by atoms with Gasteiger partial charge in [-0.15, -0.1) is 11.8 Å². The molecule has 4 aliphatic rings. The molecule has 0 unspecified atom stereocenters. The van der Waals surface area contributed by atoms with Gasteiger partial charge in [-0.2, -0.15) is 12.6 Å². The van der Waals surface area contributed by atoms with Crippen LogP contribution in [0, 0.1) is 13.8 Å². The second-order valence-electron chi connectivity index (χ2n) is 14.1. The van der Waals surface area contributed by atoms with Crippen molar-refractivity contribution in [2.45, 2.75) is 82.6 Å². The molecule has 6 heterocycles. The zero-order valence-corrected chi connectivity index (χ0v) is 35.0. The van der Waals surface area contributed by atoms with Crippen molar-refractivity contribution in [3.05, 3.63) is 86.7 Å². The van der Waals surface area contributed by atoms with Crippen LogP contribution in [-0.4, -0.2) is 71.7 Å². The van der Waals surface area contributed by atoms with E-state index in [9.17, 15) is 0 Å². The van der Waals surface area contributed by atoms with Crippen LogP contribution in [-0.2, 0) is 9.47 Å². The standard InChI is InChI=1S/C21H25N3OS.C16H16BrN3.C5H10OS/c1-13-10-19-17(11-20(13)26-16-5-8-25-9-6-16)18(4-7-22-19)24-21-15(3)14(2)12-23-21;1-9-6-15-12(7-13(9)17)14(4-5-18-15)20-16-11(3)10(2)8-19-16;7-5-1-3-6-4-2-5/h4,7,10-11,16H,5-6,8-9,12H2,1-3H3,(H,22,23,24);4-7H,8H2,1-3H3,(H,18,19,20);5,7H,1-4H2. The molecule has 4 aromatic rings. The number of anilines is 2. The van der Waals surface area contributed by atoms with Gasteiger partial charge < -0.3 is 20.1 Å². The molecule has 8 nitrogen and oxygen atoms in total. The van der Waals surface area contributed by atoms with Gasteiger partial charge in [0.15, 0.2) is 0 Å². The molecule has 0 bridgehead atoms. The fourth-order valence-corrected chi connectivity index (χ4v) is 8.12. The van der Waals surface area contributed by atoms with Gasteiger partial charge in [0.2, 0.25) is 0 Å². The third kappa shape index (κ3) is 10.1. The van der Waals surface area contributed by atoms with Crippen molar-refractivity contribution < 1.29 is 9.47 Å². The number of hydrogen-bond donors (Lipinski definition) is 3. The molecule has 0 saturated carbocycles. The van der Waals surface area contributed by atoms with Crippen molar-refractivity contribution in [3.8, 4) is 0 Å². The Morgan fingerprint density at radius 2 is 1.17 bits per heavy atom. The zero-order valence-electron chi connectivity index (χ0n) is 31.7. The van der Waals surface area contributed by atoms with Gasteiger partial charge in [0.05, 0.1) is 35.5 Å². The molecule has 53 heavy (non-hydrogen) atoms. The number of halogens is 1. The normalized spacial score (nSPS) is 18.0. The highest BCUT2D eigenvalue weighted by Gasteiger charge is 2.19. The summed E-state index contributed by atoms with van der Waals surface area (Å²) in [5, 5.41) is 10.5. The largest absolute Gasteiger partial charge is 0.381 e. The van der Waals surface area contributed by atoms with E-state index < -0.39 is 0 Å². The Hall–Kier alpha value is -3.22. The number of benzene rings is 2. The van der Waals surface area contributed by atoms with Gasteiger partial charge in [-0.25, -0.2) is 0 Å². The summed E-state index contributed by atoms with van der Waals surface area (Å²) < 4.78 is 11.7. The van der Waals surface area contributed by atoms with Gasteiger partial charge in [-0.1, -0.05) is 15.9 Å². The Morgan fingerprint density at radius 3 is 1.64 bits per heavy atom. The summed E-state index contributed by atoms with van der Waals surface area (Å²) >= 11 is 9.85. The summed E-state index contributed by atoms with van der Waals surface area (Å²) in [5.74, 6) is 1.95. The number of pyridine rings is 2. The van der Waals surface area contributed by atoms with Crippen LogP contribution < -0.4 is 10.6 Å². The van der Waals surface area contributed by atoms with E-state index in [0.29, 0.717) is 10.5 Å². The number of rotatable bonds is 4. The van der Waals surface area contributed by atoms with E-state index in [2.05, 4.69) is 125 Å². The van der Waals surface area contributed by atoms with E-state index in [1.54, 1.807) is 0 Å². The SMILES string of the molecule is CC1=C(C)C(Nc2ccnc3cc(C)c(Br)cc23)=NC1.CC1=C(C)C(Nc2ccnc3cc(C)c(SC4CCOCC4)cc23)=NC1.SC1CCOCC1. The lowest BCUT2D eigenvalue weighted by Gasteiger charge is -2.22. The maximum Gasteiger partial charge on any atom is 0.128 e. The van der Waals surface area contributed by atoms with Crippen LogP contribution in [0.4, 0.5) is 11.4 Å². The van der Waals surface area contributed by atoms with E-state index in [-0.39, 0.29) is 0 Å². The third-order valence-electron chi connectivity index (χ3n) is 10.2. The highest BCUT2D eigenvalue weighted by molar-refractivity contribution is 9.10. The molecule has 0 spiro atoms. The quantitative estimate of drug-likeness (QED) is 0.177. The van der Waals surface area contributed by atoms with Crippen LogP contribution in [0.15, 0.2) is 90.4 Å². The molecule has 2 N–H and O–H groups in total. The van der Waals surface area contributed by atoms with Gasteiger partial charge in [-0.3, -0.25) is 20.0 Å². The molecule has 0 aliphatic carbocycles. The molecule has 2 fully saturated rings. The molecule has 4 aliphatic heterocycles. The van der Waals surface area contributed by atoms with Crippen molar-refractivity contribution in [1.82, 2.24) is 9.97 Å². The number of amidine groups is 2. The topological polar surface area (TPSA) is 93.0 Å². The van der Waals surface area contributed by atoms with E-state index in [1.165, 1.54) is 38.3 Å². The van der Waals surface area contributed by atoms with Crippen molar-refractivity contribution >= 4 is 85.2 Å². The minimum Gasteiger partial charge on any atom is -0.381 e. The number of aliphatic imine (C=N–C) groups is 2. The maximum atomic E-state index is 5.50. The molecule has 2 saturated heterocycles. The molecule has 0 amide bonds. The van der Waals surface area contributed by atoms with Gasteiger partial charge in [0.1, 0.15) is 11.7 Å². The third-order valence-corrected chi connectivity index (χ3v) is 13.0. The summed E-state index contributed by atoms with van der Waals surface area (Å²) in [6, 6.07) is 12.7. The summed E-state index contributed by atoms with van der Waals surface area (Å²) in [6.45, 7) is 17.9. The molecule has 11 heteroatoms. The number of nitrogens with zero attached hydrogens (tertiary/aromatic N) is 4. The lowest BCUT2D eigenvalue weighted by atomic mass is 10.1. The number of aromatic nitrogens is 2. The molecule has 0 atom stereocenters. The van der Waals surface area contributed by atoms with Crippen LogP contribution in [0.2, 0.25) is 0 Å². The number of hydrogen-bond acceptors (Lipinski definition) is 10. The lowest BCUT2D eigenvalue weighted by Crippen LogP contribution is -2.17. The van der Waals surface area contributed by atoms with Crippen LogP contribution in [0.5, 0.6) is 0 Å². The summed E-state index contributed by atoms with van der Waals surface area (Å²) in [5.41, 5.74) is 11.8. The number of aryl methyl sites for hydroxylation is 2. The Morgan fingerprint density at radius 1 is 0.679 bits per heavy atom. The summed E-state index contributed by atoms with van der Waals surface area (Å²) in [7, 11) is 0. The van der Waals surface area contributed by atoms with Crippen molar-refractivity contribution in [1.29, 1.82) is 0 Å². The lowest BCUT2D eigenvalue weighted by molar-refractivity contribution is 0.1000. The van der Waals surface area contributed by atoms with Gasteiger partial charge in [0.25, 0.3) is 0 Å². The number of thiol groups is 1. The molecule has 8 rings (SSSR count). The van der Waals surface area contributed by atoms with E-state index in [1.807, 2.05) is 36.3 Å². The summed E-state index contributed by atoms with van der Waals surface area (Å²) in [4.78, 5) is 19.5. The smallest absolute Gasteiger partial charge is 0.128 e. The minimum absolute atomic E-state index is 0.605. The second kappa shape index (κ2) is 18.4. The predicted octanol–water partition coefficient (Wildman–Crippen LogP) is 10.5. The number of ether oxygens (including phenoxy) is 2. The molecule has 2 aromatic heterocycles. The Kier molecular flexibility index (Phi) is 13.7. The van der Waals surface area contributed by atoms with Crippen LogP contribution in [0.25, 0.3) is 21.8 Å². The monoisotopic (exact) mass is 814 g/mol. The predicted molar refractivity (Wildman–Crippen MR) is 232 cm³/mol. The van der Waals surface area contributed by atoms with Crippen LogP contribution in [0.3, 0.4) is 0 Å². The van der Waals surface area contributed by atoms with E-state index >= 15 is 0 Å². The van der Waals surface area contributed by atoms with Crippen molar-refractivity contribution in [3.63, 3.8) is 0 Å². The highest BCUT2D eigenvalue weighted by Crippen LogP contribution is 2.36. The number of nitrogens with one attached hydrogen (secondary N) is 2. The van der Waals surface area contributed by atoms with Crippen molar-refractivity contribution in [2.24, 2.45) is 9.98 Å². The van der Waals surface area contributed by atoms with Crippen LogP contribution in [0.1, 0.15) is 64.5 Å². The molecule has 0 radical (unpaired) electrons. The zero-order chi connectivity index (χ0) is 37.5. The van der Waals surface area contributed by atoms with Gasteiger partial charge in [0, 0.05) is 69.5 Å².